The molecule has 0 saturated carbocycles. The zero-order valence-electron chi connectivity index (χ0n) is 12.4. The lowest BCUT2D eigenvalue weighted by Gasteiger charge is -2.25. The van der Waals surface area contributed by atoms with Crippen molar-refractivity contribution in [1.82, 2.24) is 15.3 Å². The van der Waals surface area contributed by atoms with E-state index in [0.717, 1.165) is 36.6 Å². The van der Waals surface area contributed by atoms with Crippen molar-refractivity contribution in [3.8, 4) is 17.1 Å². The third kappa shape index (κ3) is 2.83. The Balaban J connectivity index is 1.92. The van der Waals surface area contributed by atoms with Crippen molar-refractivity contribution in [3.05, 3.63) is 36.5 Å². The Bertz CT molecular complexity index is 611. The molecule has 21 heavy (non-hydrogen) atoms. The molecule has 0 radical (unpaired) electrons. The van der Waals surface area contributed by atoms with Gasteiger partial charge in [0.15, 0.2) is 5.82 Å². The quantitative estimate of drug-likeness (QED) is 0.930. The van der Waals surface area contributed by atoms with Crippen molar-refractivity contribution in [2.24, 2.45) is 0 Å². The molecule has 0 amide bonds. The number of rotatable bonds is 4. The summed E-state index contributed by atoms with van der Waals surface area (Å²) in [4.78, 5) is 11.3. The van der Waals surface area contributed by atoms with Crippen LogP contribution in [0.25, 0.3) is 11.4 Å². The summed E-state index contributed by atoms with van der Waals surface area (Å²) in [7, 11) is 3.75. The molecule has 2 aromatic rings. The lowest BCUT2D eigenvalue weighted by molar-refractivity contribution is 0.416. The predicted molar refractivity (Wildman–Crippen MR) is 83.7 cm³/mol. The molecular formula is C16H20N4O. The number of methoxy groups -OCH3 is 1. The lowest BCUT2D eigenvalue weighted by Crippen LogP contribution is -2.34. The molecule has 1 aliphatic rings. The lowest BCUT2D eigenvalue weighted by atomic mass is 10.2. The number of nitrogens with zero attached hydrogens (tertiary/aromatic N) is 3. The molecule has 3 rings (SSSR count). The standard InChI is InChI=1S/C16H20N4O/c1-20(12-7-9-17-11-12)15-8-10-18-16(19-15)13-5-3-4-6-14(13)21-2/h3-6,8,10,12,17H,7,9,11H2,1-2H3. The van der Waals surface area contributed by atoms with E-state index in [2.05, 4.69) is 22.2 Å². The first-order valence-corrected chi connectivity index (χ1v) is 7.19. The summed E-state index contributed by atoms with van der Waals surface area (Å²) in [6.07, 6.45) is 2.95. The number of aromatic nitrogens is 2. The molecule has 2 heterocycles. The zero-order chi connectivity index (χ0) is 14.7. The first-order chi connectivity index (χ1) is 10.3. The van der Waals surface area contributed by atoms with E-state index in [-0.39, 0.29) is 0 Å². The van der Waals surface area contributed by atoms with Crippen molar-refractivity contribution in [2.75, 3.05) is 32.1 Å². The average Bonchev–Trinajstić information content (AvgIpc) is 3.08. The summed E-state index contributed by atoms with van der Waals surface area (Å²) in [6.45, 7) is 2.07. The minimum atomic E-state index is 0.491. The molecule has 0 bridgehead atoms. The van der Waals surface area contributed by atoms with E-state index in [0.29, 0.717) is 11.9 Å². The van der Waals surface area contributed by atoms with Crippen LogP contribution in [0.1, 0.15) is 6.42 Å². The van der Waals surface area contributed by atoms with Gasteiger partial charge in [0, 0.05) is 25.8 Å². The fourth-order valence-electron chi connectivity index (χ4n) is 2.66. The summed E-state index contributed by atoms with van der Waals surface area (Å²) in [6, 6.07) is 10.3. The van der Waals surface area contributed by atoms with Crippen LogP contribution in [0.15, 0.2) is 36.5 Å². The number of anilines is 1. The smallest absolute Gasteiger partial charge is 0.165 e. The second-order valence-electron chi connectivity index (χ2n) is 5.20. The van der Waals surface area contributed by atoms with Crippen molar-refractivity contribution in [1.29, 1.82) is 0 Å². The van der Waals surface area contributed by atoms with Crippen molar-refractivity contribution in [3.63, 3.8) is 0 Å². The van der Waals surface area contributed by atoms with E-state index in [4.69, 9.17) is 9.72 Å². The van der Waals surface area contributed by atoms with Gasteiger partial charge < -0.3 is 15.0 Å². The normalized spacial score (nSPS) is 17.7. The number of likely N-dealkylation sites (N-methyl/N-ethyl adjacent to an activating group) is 1. The predicted octanol–water partition coefficient (Wildman–Crippen LogP) is 1.95. The summed E-state index contributed by atoms with van der Waals surface area (Å²) < 4.78 is 5.40. The Morgan fingerprint density at radius 2 is 2.14 bits per heavy atom. The van der Waals surface area contributed by atoms with Crippen molar-refractivity contribution < 1.29 is 4.74 Å². The van der Waals surface area contributed by atoms with E-state index < -0.39 is 0 Å². The van der Waals surface area contributed by atoms with Crippen LogP contribution >= 0.6 is 0 Å². The molecule has 5 nitrogen and oxygen atoms in total. The SMILES string of the molecule is COc1ccccc1-c1nccc(N(C)C2CCNC2)n1. The minimum absolute atomic E-state index is 0.491. The van der Waals surface area contributed by atoms with Crippen LogP contribution in [0, 0.1) is 0 Å². The van der Waals surface area contributed by atoms with Crippen LogP contribution in [0.5, 0.6) is 5.75 Å². The highest BCUT2D eigenvalue weighted by Gasteiger charge is 2.21. The number of benzene rings is 1. The Hall–Kier alpha value is -2.14. The van der Waals surface area contributed by atoms with Gasteiger partial charge in [-0.05, 0) is 31.2 Å². The van der Waals surface area contributed by atoms with Gasteiger partial charge in [-0.15, -0.1) is 0 Å². The highest BCUT2D eigenvalue weighted by molar-refractivity contribution is 5.65. The van der Waals surface area contributed by atoms with Crippen molar-refractivity contribution >= 4 is 5.82 Å². The second kappa shape index (κ2) is 6.10. The highest BCUT2D eigenvalue weighted by atomic mass is 16.5. The number of nitrogens with one attached hydrogen (secondary N) is 1. The van der Waals surface area contributed by atoms with Crippen LogP contribution in [0.3, 0.4) is 0 Å². The average molecular weight is 284 g/mol. The Morgan fingerprint density at radius 1 is 1.29 bits per heavy atom. The molecule has 1 saturated heterocycles. The van der Waals surface area contributed by atoms with E-state index in [1.807, 2.05) is 36.5 Å². The molecule has 1 atom stereocenters. The zero-order valence-corrected chi connectivity index (χ0v) is 12.4. The number of hydrogen-bond acceptors (Lipinski definition) is 5. The summed E-state index contributed by atoms with van der Waals surface area (Å²) in [5.74, 6) is 2.43. The van der Waals surface area contributed by atoms with E-state index in [9.17, 15) is 0 Å². The van der Waals surface area contributed by atoms with Gasteiger partial charge in [0.05, 0.1) is 12.7 Å². The topological polar surface area (TPSA) is 50.3 Å². The molecule has 0 aliphatic carbocycles. The van der Waals surface area contributed by atoms with Gasteiger partial charge in [-0.3, -0.25) is 0 Å². The van der Waals surface area contributed by atoms with E-state index in [1.165, 1.54) is 0 Å². The molecule has 0 spiro atoms. The van der Waals surface area contributed by atoms with Crippen LogP contribution in [0.2, 0.25) is 0 Å². The summed E-state index contributed by atoms with van der Waals surface area (Å²) >= 11 is 0. The maximum Gasteiger partial charge on any atom is 0.165 e. The van der Waals surface area contributed by atoms with Crippen LogP contribution in [-0.2, 0) is 0 Å². The molecule has 1 aliphatic heterocycles. The summed E-state index contributed by atoms with van der Waals surface area (Å²) in [5, 5.41) is 3.38. The second-order valence-corrected chi connectivity index (χ2v) is 5.20. The van der Waals surface area contributed by atoms with Crippen LogP contribution in [0.4, 0.5) is 5.82 Å². The van der Waals surface area contributed by atoms with E-state index in [1.54, 1.807) is 7.11 Å². The largest absolute Gasteiger partial charge is 0.496 e. The van der Waals surface area contributed by atoms with Gasteiger partial charge >= 0.3 is 0 Å². The first kappa shape index (κ1) is 13.8. The molecule has 1 fully saturated rings. The van der Waals surface area contributed by atoms with E-state index >= 15 is 0 Å². The maximum absolute atomic E-state index is 5.40. The molecule has 1 N–H and O–H groups in total. The maximum atomic E-state index is 5.40. The Labute approximate surface area is 125 Å². The van der Waals surface area contributed by atoms with Gasteiger partial charge in [-0.25, -0.2) is 9.97 Å². The molecule has 5 heteroatoms. The molecular weight excluding hydrogens is 264 g/mol. The molecule has 110 valence electrons. The summed E-state index contributed by atoms with van der Waals surface area (Å²) in [5.41, 5.74) is 0.916. The minimum Gasteiger partial charge on any atom is -0.496 e. The number of para-hydroxylation sites is 1. The van der Waals surface area contributed by atoms with Crippen LogP contribution < -0.4 is 15.0 Å². The fraction of sp³-hybridized carbons (Fsp3) is 0.375. The Morgan fingerprint density at radius 3 is 2.90 bits per heavy atom. The third-order valence-electron chi connectivity index (χ3n) is 3.93. The molecule has 1 aromatic heterocycles. The first-order valence-electron chi connectivity index (χ1n) is 7.19. The van der Waals surface area contributed by atoms with Gasteiger partial charge in [-0.1, -0.05) is 12.1 Å². The fourth-order valence-corrected chi connectivity index (χ4v) is 2.66. The third-order valence-corrected chi connectivity index (χ3v) is 3.93. The van der Waals surface area contributed by atoms with Crippen molar-refractivity contribution in [2.45, 2.75) is 12.5 Å². The number of ether oxygens (including phenoxy) is 1. The molecule has 1 aromatic carbocycles. The molecule has 1 unspecified atom stereocenters. The van der Waals surface area contributed by atoms with Crippen LogP contribution in [-0.4, -0.2) is 43.3 Å². The van der Waals surface area contributed by atoms with Gasteiger partial charge in [-0.2, -0.15) is 0 Å². The van der Waals surface area contributed by atoms with Gasteiger partial charge in [0.25, 0.3) is 0 Å². The van der Waals surface area contributed by atoms with Gasteiger partial charge in [0.1, 0.15) is 11.6 Å². The number of hydrogen-bond donors (Lipinski definition) is 1. The van der Waals surface area contributed by atoms with Gasteiger partial charge in [0.2, 0.25) is 0 Å². The highest BCUT2D eigenvalue weighted by Crippen LogP contribution is 2.28. The monoisotopic (exact) mass is 284 g/mol. The Kier molecular flexibility index (Phi) is 4.01.